The van der Waals surface area contributed by atoms with Gasteiger partial charge in [-0.25, -0.2) is 0 Å². The number of hydrogen-bond acceptors (Lipinski definition) is 3. The standard InChI is InChI=1S/C29H36F3N3O/c30-29(31,32)25-18-24-17-21(9-10-27(24)33-19-25)5-4-8-28(36)35-16-13-26(20-35)34-14-11-23(12-15-34)22-6-2-1-3-7-22/h1-3,6-7,18-19,21,23,26H,4-5,8-17,20H2. The molecular weight excluding hydrogens is 463 g/mol. The molecule has 7 heteroatoms. The van der Waals surface area contributed by atoms with E-state index in [9.17, 15) is 18.0 Å². The first-order chi connectivity index (χ1) is 17.4. The van der Waals surface area contributed by atoms with Gasteiger partial charge in [0.15, 0.2) is 0 Å². The molecule has 1 aliphatic carbocycles. The normalized spacial score (nSPS) is 23.6. The first-order valence-corrected chi connectivity index (χ1v) is 13.5. The maximum atomic E-state index is 13.0. The molecule has 0 bridgehead atoms. The van der Waals surface area contributed by atoms with Crippen LogP contribution in [0.1, 0.15) is 73.2 Å². The van der Waals surface area contributed by atoms with Crippen LogP contribution < -0.4 is 0 Å². The number of fused-ring (bicyclic) bond motifs is 1. The third kappa shape index (κ3) is 5.93. The Hall–Kier alpha value is -2.41. The lowest BCUT2D eigenvalue weighted by Gasteiger charge is -2.36. The van der Waals surface area contributed by atoms with Gasteiger partial charge in [-0.15, -0.1) is 0 Å². The zero-order valence-corrected chi connectivity index (χ0v) is 20.8. The first kappa shape index (κ1) is 25.2. The van der Waals surface area contributed by atoms with E-state index in [4.69, 9.17) is 0 Å². The summed E-state index contributed by atoms with van der Waals surface area (Å²) in [5.74, 6) is 1.20. The SMILES string of the molecule is O=C(CCCC1CCc2ncc(C(F)(F)F)cc2C1)N1CCC(N2CCC(c3ccccc3)CC2)C1. The third-order valence-electron chi connectivity index (χ3n) is 8.52. The monoisotopic (exact) mass is 499 g/mol. The molecule has 1 aromatic carbocycles. The molecule has 3 heterocycles. The van der Waals surface area contributed by atoms with E-state index in [1.54, 1.807) is 0 Å². The van der Waals surface area contributed by atoms with Gasteiger partial charge in [-0.1, -0.05) is 30.3 Å². The Morgan fingerprint density at radius 1 is 1.03 bits per heavy atom. The highest BCUT2D eigenvalue weighted by Crippen LogP contribution is 2.34. The van der Waals surface area contributed by atoms with Crippen molar-refractivity contribution in [3.63, 3.8) is 0 Å². The van der Waals surface area contributed by atoms with Crippen LogP contribution in [0.25, 0.3) is 0 Å². The number of piperidine rings is 1. The van der Waals surface area contributed by atoms with Gasteiger partial charge in [0.05, 0.1) is 5.56 Å². The zero-order chi connectivity index (χ0) is 25.1. The summed E-state index contributed by atoms with van der Waals surface area (Å²) in [6.45, 7) is 3.86. The molecule has 194 valence electrons. The fourth-order valence-electron chi connectivity index (χ4n) is 6.39. The molecule has 36 heavy (non-hydrogen) atoms. The number of aryl methyl sites for hydroxylation is 1. The van der Waals surface area contributed by atoms with Crippen LogP contribution in [0.5, 0.6) is 0 Å². The Bertz CT molecular complexity index is 1030. The first-order valence-electron chi connectivity index (χ1n) is 13.5. The second kappa shape index (κ2) is 10.9. The summed E-state index contributed by atoms with van der Waals surface area (Å²) in [4.78, 5) is 21.5. The van der Waals surface area contributed by atoms with Crippen LogP contribution in [0.2, 0.25) is 0 Å². The number of likely N-dealkylation sites (tertiary alicyclic amines) is 2. The number of nitrogens with zero attached hydrogens (tertiary/aromatic N) is 3. The number of aromatic nitrogens is 1. The number of pyridine rings is 1. The molecule has 1 amide bonds. The topological polar surface area (TPSA) is 36.4 Å². The van der Waals surface area contributed by atoms with Gasteiger partial charge >= 0.3 is 6.18 Å². The smallest absolute Gasteiger partial charge is 0.341 e. The lowest BCUT2D eigenvalue weighted by atomic mass is 9.83. The number of carbonyl (C=O) groups is 1. The van der Waals surface area contributed by atoms with Crippen molar-refractivity contribution >= 4 is 5.91 Å². The lowest BCUT2D eigenvalue weighted by molar-refractivity contribution is -0.138. The van der Waals surface area contributed by atoms with E-state index < -0.39 is 11.7 Å². The molecule has 2 aromatic rings. The van der Waals surface area contributed by atoms with Gasteiger partial charge in [0.25, 0.3) is 0 Å². The fraction of sp³-hybridized carbons (Fsp3) is 0.586. The van der Waals surface area contributed by atoms with Crippen molar-refractivity contribution in [3.8, 4) is 0 Å². The average molecular weight is 500 g/mol. The number of hydrogen-bond donors (Lipinski definition) is 0. The van der Waals surface area contributed by atoms with Gasteiger partial charge < -0.3 is 4.90 Å². The van der Waals surface area contributed by atoms with Crippen molar-refractivity contribution in [2.45, 2.75) is 75.9 Å². The molecule has 1 aromatic heterocycles. The molecule has 2 aliphatic heterocycles. The minimum Gasteiger partial charge on any atom is -0.341 e. The van der Waals surface area contributed by atoms with Crippen LogP contribution in [0.15, 0.2) is 42.6 Å². The number of amides is 1. The Balaban J connectivity index is 1.04. The Labute approximate surface area is 211 Å². The van der Waals surface area contributed by atoms with Crippen molar-refractivity contribution in [2.24, 2.45) is 5.92 Å². The predicted octanol–water partition coefficient (Wildman–Crippen LogP) is 5.86. The number of benzene rings is 1. The third-order valence-corrected chi connectivity index (χ3v) is 8.52. The van der Waals surface area contributed by atoms with Crippen molar-refractivity contribution in [1.29, 1.82) is 0 Å². The van der Waals surface area contributed by atoms with Gasteiger partial charge in [-0.2, -0.15) is 13.2 Å². The Kier molecular flexibility index (Phi) is 7.65. The molecular formula is C29H36F3N3O. The molecule has 2 unspecified atom stereocenters. The van der Waals surface area contributed by atoms with Crippen molar-refractivity contribution in [2.75, 3.05) is 26.2 Å². The van der Waals surface area contributed by atoms with Gasteiger partial charge in [0.2, 0.25) is 5.91 Å². The van der Waals surface area contributed by atoms with Gasteiger partial charge in [-0.3, -0.25) is 14.7 Å². The number of alkyl halides is 3. The molecule has 4 nitrogen and oxygen atoms in total. The second-order valence-corrected chi connectivity index (χ2v) is 10.8. The van der Waals surface area contributed by atoms with Gasteiger partial charge in [-0.05, 0) is 93.5 Å². The maximum Gasteiger partial charge on any atom is 0.417 e. The highest BCUT2D eigenvalue weighted by molar-refractivity contribution is 5.76. The van der Waals surface area contributed by atoms with E-state index in [0.29, 0.717) is 30.7 Å². The minimum absolute atomic E-state index is 0.230. The summed E-state index contributed by atoms with van der Waals surface area (Å²) in [7, 11) is 0. The summed E-state index contributed by atoms with van der Waals surface area (Å²) < 4.78 is 39.1. The van der Waals surface area contributed by atoms with Crippen molar-refractivity contribution in [3.05, 3.63) is 65.0 Å². The van der Waals surface area contributed by atoms with Crippen LogP contribution >= 0.6 is 0 Å². The molecule has 2 fully saturated rings. The molecule has 2 atom stereocenters. The molecule has 5 rings (SSSR count). The van der Waals surface area contributed by atoms with E-state index in [-0.39, 0.29) is 5.91 Å². The van der Waals surface area contributed by atoms with E-state index >= 15 is 0 Å². The number of rotatable bonds is 6. The van der Waals surface area contributed by atoms with Crippen LogP contribution in [-0.4, -0.2) is 52.9 Å². The van der Waals surface area contributed by atoms with Crippen LogP contribution in [0.3, 0.4) is 0 Å². The Morgan fingerprint density at radius 2 is 1.81 bits per heavy atom. The van der Waals surface area contributed by atoms with E-state index in [0.717, 1.165) is 75.7 Å². The summed E-state index contributed by atoms with van der Waals surface area (Å²) >= 11 is 0. The molecule has 3 aliphatic rings. The van der Waals surface area contributed by atoms with Crippen LogP contribution in [-0.2, 0) is 23.8 Å². The largest absolute Gasteiger partial charge is 0.417 e. The number of halogens is 3. The minimum atomic E-state index is -4.35. The van der Waals surface area contributed by atoms with Gasteiger partial charge in [0.1, 0.15) is 0 Å². The van der Waals surface area contributed by atoms with E-state index in [1.165, 1.54) is 24.5 Å². The fourth-order valence-corrected chi connectivity index (χ4v) is 6.39. The summed E-state index contributed by atoms with van der Waals surface area (Å²) in [5.41, 5.74) is 2.31. The Morgan fingerprint density at radius 3 is 2.56 bits per heavy atom. The highest BCUT2D eigenvalue weighted by Gasteiger charge is 2.34. The summed E-state index contributed by atoms with van der Waals surface area (Å²) in [6.07, 6.45) is 4.51. The van der Waals surface area contributed by atoms with Crippen molar-refractivity contribution < 1.29 is 18.0 Å². The maximum absolute atomic E-state index is 13.0. The summed E-state index contributed by atoms with van der Waals surface area (Å²) in [6, 6.07) is 12.5. The molecule has 2 saturated heterocycles. The summed E-state index contributed by atoms with van der Waals surface area (Å²) in [5, 5.41) is 0. The molecule has 0 spiro atoms. The van der Waals surface area contributed by atoms with Crippen molar-refractivity contribution in [1.82, 2.24) is 14.8 Å². The predicted molar refractivity (Wildman–Crippen MR) is 134 cm³/mol. The zero-order valence-electron chi connectivity index (χ0n) is 20.8. The van der Waals surface area contributed by atoms with Crippen LogP contribution in [0.4, 0.5) is 13.2 Å². The second-order valence-electron chi connectivity index (χ2n) is 10.8. The van der Waals surface area contributed by atoms with Gasteiger partial charge in [0, 0.05) is 37.4 Å². The molecule has 0 radical (unpaired) electrons. The van der Waals surface area contributed by atoms with E-state index in [1.807, 2.05) is 4.90 Å². The average Bonchev–Trinajstić information content (AvgIpc) is 3.39. The lowest BCUT2D eigenvalue weighted by Crippen LogP contribution is -2.43. The molecule has 0 N–H and O–H groups in total. The van der Waals surface area contributed by atoms with E-state index in [2.05, 4.69) is 40.2 Å². The molecule has 0 saturated carbocycles. The quantitative estimate of drug-likeness (QED) is 0.500. The highest BCUT2D eigenvalue weighted by atomic mass is 19.4. The number of carbonyl (C=O) groups excluding carboxylic acids is 1. The van der Waals surface area contributed by atoms with Crippen LogP contribution in [0, 0.1) is 5.92 Å².